The third-order valence-corrected chi connectivity index (χ3v) is 7.32. The minimum atomic E-state index is -2.32. The van der Waals surface area contributed by atoms with Gasteiger partial charge in [0.15, 0.2) is 23.3 Å². The van der Waals surface area contributed by atoms with E-state index in [1.165, 1.54) is 13.0 Å². The minimum Gasteiger partial charge on any atom is -0.489 e. The summed E-state index contributed by atoms with van der Waals surface area (Å²) in [6.45, 7) is 5.29. The van der Waals surface area contributed by atoms with Crippen molar-refractivity contribution in [1.29, 1.82) is 0 Å². The van der Waals surface area contributed by atoms with E-state index in [0.717, 1.165) is 22.6 Å². The van der Waals surface area contributed by atoms with Crippen molar-refractivity contribution < 1.29 is 31.5 Å². The number of carbonyl (C=O) groups is 1. The first-order valence-corrected chi connectivity index (χ1v) is 13.1. The van der Waals surface area contributed by atoms with Crippen molar-refractivity contribution in [3.63, 3.8) is 0 Å². The standard InChI is InChI=1S/C30H20Cl2F5N3O2/c1-14-10-18(11-22-15(2)38-40(30(22)41)29-27(36)25(34)24(33)26(35)28(29)37)16(3)39(14)20-6-8-21(9-7-20)42-13-17-4-5-19(31)12-23(17)32/h4-12H,13H2,1-3H3/b22-11-. The molecule has 216 valence electrons. The molecular weight excluding hydrogens is 600 g/mol. The number of carbonyl (C=O) groups excluding carboxylic acids is 1. The van der Waals surface area contributed by atoms with Crippen LogP contribution >= 0.6 is 23.2 Å². The SMILES string of the molecule is CC1=NN(c2c(F)c(F)c(F)c(F)c2F)C(=O)/C1=C\c1cc(C)n(-c2ccc(OCc3ccc(Cl)cc3Cl)cc2)c1C. The zero-order valence-corrected chi connectivity index (χ0v) is 23.7. The number of ether oxygens (including phenoxy) is 1. The molecule has 0 unspecified atom stereocenters. The molecule has 4 aromatic rings. The van der Waals surface area contributed by atoms with Crippen molar-refractivity contribution in [2.45, 2.75) is 27.4 Å². The predicted molar refractivity (Wildman–Crippen MR) is 151 cm³/mol. The van der Waals surface area contributed by atoms with Gasteiger partial charge in [0, 0.05) is 32.7 Å². The van der Waals surface area contributed by atoms with Gasteiger partial charge in [0.1, 0.15) is 18.0 Å². The molecule has 0 spiro atoms. The third kappa shape index (κ3) is 5.16. The summed E-state index contributed by atoms with van der Waals surface area (Å²) in [6, 6.07) is 14.2. The van der Waals surface area contributed by atoms with E-state index < -0.39 is 40.7 Å². The normalized spacial score (nSPS) is 14.2. The second kappa shape index (κ2) is 11.3. The van der Waals surface area contributed by atoms with Crippen molar-refractivity contribution in [2.75, 3.05) is 5.01 Å². The monoisotopic (exact) mass is 619 g/mol. The van der Waals surface area contributed by atoms with Crippen LogP contribution in [0.2, 0.25) is 10.0 Å². The number of nitrogens with zero attached hydrogens (tertiary/aromatic N) is 3. The Morgan fingerprint density at radius 2 is 1.48 bits per heavy atom. The van der Waals surface area contributed by atoms with Gasteiger partial charge in [-0.05, 0) is 74.9 Å². The number of rotatable bonds is 6. The second-order valence-electron chi connectivity index (χ2n) is 9.46. The Morgan fingerprint density at radius 3 is 2.10 bits per heavy atom. The Balaban J connectivity index is 1.40. The van der Waals surface area contributed by atoms with Crippen LogP contribution in [0.3, 0.4) is 0 Å². The van der Waals surface area contributed by atoms with E-state index in [9.17, 15) is 26.7 Å². The zero-order chi connectivity index (χ0) is 30.5. The summed E-state index contributed by atoms with van der Waals surface area (Å²) in [5, 5.41) is 5.00. The molecule has 1 aromatic heterocycles. The Labute approximate surface area is 247 Å². The van der Waals surface area contributed by atoms with E-state index in [1.54, 1.807) is 43.3 Å². The van der Waals surface area contributed by atoms with Crippen LogP contribution in [0.1, 0.15) is 29.4 Å². The molecule has 0 fully saturated rings. The molecule has 0 N–H and O–H groups in total. The lowest BCUT2D eigenvalue weighted by molar-refractivity contribution is -0.114. The Hall–Kier alpha value is -4.15. The van der Waals surface area contributed by atoms with Crippen molar-refractivity contribution in [2.24, 2.45) is 5.10 Å². The van der Waals surface area contributed by atoms with Crippen LogP contribution in [0.4, 0.5) is 27.6 Å². The maximum absolute atomic E-state index is 14.4. The quantitative estimate of drug-likeness (QED) is 0.0940. The summed E-state index contributed by atoms with van der Waals surface area (Å²) in [5.41, 5.74) is 2.21. The highest BCUT2D eigenvalue weighted by molar-refractivity contribution is 6.35. The number of aromatic nitrogens is 1. The van der Waals surface area contributed by atoms with Gasteiger partial charge in [-0.15, -0.1) is 0 Å². The van der Waals surface area contributed by atoms with Crippen LogP contribution in [0.25, 0.3) is 11.8 Å². The number of benzene rings is 3. The number of aryl methyl sites for hydroxylation is 1. The van der Waals surface area contributed by atoms with Crippen LogP contribution < -0.4 is 9.75 Å². The largest absolute Gasteiger partial charge is 0.489 e. The number of hydrogen-bond donors (Lipinski definition) is 0. The Bertz CT molecular complexity index is 1790. The Morgan fingerprint density at radius 1 is 0.857 bits per heavy atom. The molecule has 12 heteroatoms. The summed E-state index contributed by atoms with van der Waals surface area (Å²) >= 11 is 12.1. The van der Waals surface area contributed by atoms with Crippen LogP contribution in [-0.4, -0.2) is 16.2 Å². The fourth-order valence-corrected chi connectivity index (χ4v) is 5.06. The maximum Gasteiger partial charge on any atom is 0.280 e. The molecule has 0 saturated carbocycles. The number of hydrazone groups is 1. The van der Waals surface area contributed by atoms with Gasteiger partial charge in [-0.25, -0.2) is 22.0 Å². The van der Waals surface area contributed by atoms with E-state index in [4.69, 9.17) is 27.9 Å². The number of hydrogen-bond acceptors (Lipinski definition) is 3. The average molecular weight is 620 g/mol. The van der Waals surface area contributed by atoms with Crippen molar-refractivity contribution in [1.82, 2.24) is 4.57 Å². The third-order valence-electron chi connectivity index (χ3n) is 6.74. The van der Waals surface area contributed by atoms with Crippen molar-refractivity contribution in [3.8, 4) is 11.4 Å². The van der Waals surface area contributed by atoms with Crippen molar-refractivity contribution >= 4 is 46.6 Å². The molecule has 0 radical (unpaired) electrons. The first-order chi connectivity index (χ1) is 19.9. The molecule has 0 bridgehead atoms. The fourth-order valence-electron chi connectivity index (χ4n) is 4.59. The van der Waals surface area contributed by atoms with E-state index in [2.05, 4.69) is 5.10 Å². The lowest BCUT2D eigenvalue weighted by Crippen LogP contribution is -2.25. The van der Waals surface area contributed by atoms with Gasteiger partial charge in [-0.3, -0.25) is 4.79 Å². The fraction of sp³-hybridized carbons (Fsp3) is 0.133. The van der Waals surface area contributed by atoms with Gasteiger partial charge < -0.3 is 9.30 Å². The molecule has 2 heterocycles. The van der Waals surface area contributed by atoms with Gasteiger partial charge in [0.2, 0.25) is 5.82 Å². The first-order valence-electron chi connectivity index (χ1n) is 12.4. The van der Waals surface area contributed by atoms with Gasteiger partial charge in [0.25, 0.3) is 5.91 Å². The summed E-state index contributed by atoms with van der Waals surface area (Å²) in [5.74, 6) is -11.4. The van der Waals surface area contributed by atoms with Gasteiger partial charge in [-0.1, -0.05) is 29.3 Å². The van der Waals surface area contributed by atoms with Crippen LogP contribution in [-0.2, 0) is 11.4 Å². The van der Waals surface area contributed by atoms with E-state index in [1.807, 2.05) is 23.6 Å². The lowest BCUT2D eigenvalue weighted by Gasteiger charge is -2.15. The van der Waals surface area contributed by atoms with Crippen molar-refractivity contribution in [3.05, 3.63) is 116 Å². The number of amides is 1. The molecule has 0 saturated heterocycles. The summed E-state index contributed by atoms with van der Waals surface area (Å²) in [4.78, 5) is 13.1. The maximum atomic E-state index is 14.4. The minimum absolute atomic E-state index is 0.0380. The smallest absolute Gasteiger partial charge is 0.280 e. The molecule has 1 aliphatic rings. The van der Waals surface area contributed by atoms with Gasteiger partial charge in [0.05, 0.1) is 11.3 Å². The second-order valence-corrected chi connectivity index (χ2v) is 10.3. The topological polar surface area (TPSA) is 46.8 Å². The van der Waals surface area contributed by atoms with E-state index in [0.29, 0.717) is 21.4 Å². The predicted octanol–water partition coefficient (Wildman–Crippen LogP) is 8.48. The van der Waals surface area contributed by atoms with Gasteiger partial charge >= 0.3 is 0 Å². The first kappa shape index (κ1) is 29.3. The number of anilines is 1. The van der Waals surface area contributed by atoms with Crippen LogP contribution in [0, 0.1) is 42.9 Å². The molecule has 5 rings (SSSR count). The molecular formula is C30H20Cl2F5N3O2. The highest BCUT2D eigenvalue weighted by Crippen LogP contribution is 2.35. The number of halogens is 7. The van der Waals surface area contributed by atoms with Crippen LogP contribution in [0.5, 0.6) is 5.75 Å². The average Bonchev–Trinajstić information content (AvgIpc) is 3.39. The molecule has 0 aliphatic carbocycles. The summed E-state index contributed by atoms with van der Waals surface area (Å²) < 4.78 is 77.6. The molecule has 1 aliphatic heterocycles. The zero-order valence-electron chi connectivity index (χ0n) is 22.2. The van der Waals surface area contributed by atoms with E-state index in [-0.39, 0.29) is 22.9 Å². The van der Waals surface area contributed by atoms with Crippen LogP contribution in [0.15, 0.2) is 59.2 Å². The highest BCUT2D eigenvalue weighted by atomic mass is 35.5. The molecule has 5 nitrogen and oxygen atoms in total. The van der Waals surface area contributed by atoms with E-state index >= 15 is 0 Å². The summed E-state index contributed by atoms with van der Waals surface area (Å²) in [6.07, 6.45) is 1.46. The molecule has 0 atom stereocenters. The summed E-state index contributed by atoms with van der Waals surface area (Å²) in [7, 11) is 0. The Kier molecular flexibility index (Phi) is 7.87. The lowest BCUT2D eigenvalue weighted by atomic mass is 10.1. The molecule has 1 amide bonds. The molecule has 42 heavy (non-hydrogen) atoms. The van der Waals surface area contributed by atoms with Gasteiger partial charge in [-0.2, -0.15) is 10.1 Å². The highest BCUT2D eigenvalue weighted by Gasteiger charge is 2.37. The molecule has 3 aromatic carbocycles.